The molecule has 4 heteroatoms. The number of pyridine rings is 1. The van der Waals surface area contributed by atoms with Crippen LogP contribution in [0.2, 0.25) is 0 Å². The summed E-state index contributed by atoms with van der Waals surface area (Å²) in [6.07, 6.45) is 0. The third-order valence-electron chi connectivity index (χ3n) is 2.93. The van der Waals surface area contributed by atoms with E-state index in [2.05, 4.69) is 35.3 Å². The van der Waals surface area contributed by atoms with Crippen LogP contribution < -0.4 is 10.2 Å². The third-order valence-corrected chi connectivity index (χ3v) is 3.89. The first-order valence-electron chi connectivity index (χ1n) is 5.66. The molecule has 0 radical (unpaired) electrons. The van der Waals surface area contributed by atoms with Gasteiger partial charge in [-0.25, -0.2) is 4.98 Å². The average molecular weight is 233 g/mol. The highest BCUT2D eigenvalue weighted by atomic mass is 32.1. The van der Waals surface area contributed by atoms with Crippen LogP contribution in [-0.2, 0) is 0 Å². The second-order valence-corrected chi connectivity index (χ2v) is 5.39. The number of piperazine rings is 1. The van der Waals surface area contributed by atoms with Crippen LogP contribution in [0.5, 0.6) is 0 Å². The van der Waals surface area contributed by atoms with E-state index in [4.69, 9.17) is 4.98 Å². The summed E-state index contributed by atoms with van der Waals surface area (Å²) < 4.78 is 0. The summed E-state index contributed by atoms with van der Waals surface area (Å²) in [5.41, 5.74) is 0. The number of hydrogen-bond donors (Lipinski definition) is 1. The molecular weight excluding hydrogens is 218 g/mol. The van der Waals surface area contributed by atoms with Gasteiger partial charge in [0.05, 0.1) is 0 Å². The van der Waals surface area contributed by atoms with Gasteiger partial charge in [-0.15, -0.1) is 11.3 Å². The largest absolute Gasteiger partial charge is 0.354 e. The summed E-state index contributed by atoms with van der Waals surface area (Å²) in [7, 11) is 0. The molecule has 1 N–H and O–H groups in total. The number of nitrogens with zero attached hydrogens (tertiary/aromatic N) is 2. The molecule has 16 heavy (non-hydrogen) atoms. The second-order valence-electron chi connectivity index (χ2n) is 4.16. The van der Waals surface area contributed by atoms with Gasteiger partial charge in [0.15, 0.2) is 0 Å². The Kier molecular flexibility index (Phi) is 2.53. The van der Waals surface area contributed by atoms with Crippen LogP contribution in [0.25, 0.3) is 10.2 Å². The monoisotopic (exact) mass is 233 g/mol. The molecule has 1 fully saturated rings. The lowest BCUT2D eigenvalue weighted by molar-refractivity contribution is 0.585. The van der Waals surface area contributed by atoms with Gasteiger partial charge < -0.3 is 10.2 Å². The predicted octanol–water partition coefficient (Wildman–Crippen LogP) is 2.01. The lowest BCUT2D eigenvalue weighted by atomic mass is 10.3. The molecule has 84 valence electrons. The van der Waals surface area contributed by atoms with Crippen LogP contribution in [-0.4, -0.2) is 31.2 Å². The zero-order chi connectivity index (χ0) is 11.0. The number of aromatic nitrogens is 1. The Hall–Kier alpha value is -1.13. The van der Waals surface area contributed by atoms with Crippen LogP contribution >= 0.6 is 11.3 Å². The number of hydrogen-bond acceptors (Lipinski definition) is 4. The van der Waals surface area contributed by atoms with E-state index in [0.717, 1.165) is 36.8 Å². The number of rotatable bonds is 1. The molecule has 1 aliphatic rings. The molecule has 3 rings (SSSR count). The fraction of sp³-hybridized carbons (Fsp3) is 0.417. The normalized spacial score (nSPS) is 16.9. The van der Waals surface area contributed by atoms with Crippen LogP contribution in [0.1, 0.15) is 4.88 Å². The Morgan fingerprint density at radius 3 is 2.94 bits per heavy atom. The molecule has 0 amide bonds. The van der Waals surface area contributed by atoms with Gasteiger partial charge in [0.25, 0.3) is 0 Å². The molecule has 2 aromatic rings. The summed E-state index contributed by atoms with van der Waals surface area (Å²) in [5.74, 6) is 1.12. The van der Waals surface area contributed by atoms with Crippen molar-refractivity contribution in [3.8, 4) is 0 Å². The van der Waals surface area contributed by atoms with Gasteiger partial charge in [0, 0.05) is 36.4 Å². The molecule has 0 saturated carbocycles. The van der Waals surface area contributed by atoms with Crippen molar-refractivity contribution in [1.29, 1.82) is 0 Å². The summed E-state index contributed by atoms with van der Waals surface area (Å²) in [5, 5.41) is 4.62. The Morgan fingerprint density at radius 2 is 2.12 bits per heavy atom. The molecule has 1 saturated heterocycles. The topological polar surface area (TPSA) is 28.2 Å². The van der Waals surface area contributed by atoms with Crippen molar-refractivity contribution in [3.05, 3.63) is 23.1 Å². The number of aryl methyl sites for hydroxylation is 1. The van der Waals surface area contributed by atoms with Gasteiger partial charge in [0.1, 0.15) is 10.6 Å². The quantitative estimate of drug-likeness (QED) is 0.816. The van der Waals surface area contributed by atoms with Crippen molar-refractivity contribution in [3.63, 3.8) is 0 Å². The Morgan fingerprint density at radius 1 is 1.31 bits per heavy atom. The van der Waals surface area contributed by atoms with Gasteiger partial charge in [-0.2, -0.15) is 0 Å². The smallest absolute Gasteiger partial charge is 0.130 e. The SMILES string of the molecule is Cc1cc2ccc(N3CCNCC3)nc2s1. The zero-order valence-corrected chi connectivity index (χ0v) is 10.2. The number of thiophene rings is 1. The maximum Gasteiger partial charge on any atom is 0.130 e. The summed E-state index contributed by atoms with van der Waals surface area (Å²) >= 11 is 1.78. The van der Waals surface area contributed by atoms with Gasteiger partial charge >= 0.3 is 0 Å². The molecule has 3 heterocycles. The molecule has 0 aromatic carbocycles. The van der Waals surface area contributed by atoms with Crippen molar-refractivity contribution in [2.24, 2.45) is 0 Å². The van der Waals surface area contributed by atoms with Crippen LogP contribution in [0, 0.1) is 6.92 Å². The maximum atomic E-state index is 4.74. The van der Waals surface area contributed by atoms with E-state index < -0.39 is 0 Å². The first-order valence-corrected chi connectivity index (χ1v) is 6.47. The highest BCUT2D eigenvalue weighted by molar-refractivity contribution is 7.18. The first-order chi connectivity index (χ1) is 7.83. The van der Waals surface area contributed by atoms with Gasteiger partial charge in [-0.3, -0.25) is 0 Å². The van der Waals surface area contributed by atoms with Crippen molar-refractivity contribution in [2.75, 3.05) is 31.1 Å². The minimum atomic E-state index is 1.06. The van der Waals surface area contributed by atoms with E-state index in [9.17, 15) is 0 Å². The Bertz CT molecular complexity index is 500. The van der Waals surface area contributed by atoms with Crippen molar-refractivity contribution in [1.82, 2.24) is 10.3 Å². The molecule has 0 atom stereocenters. The van der Waals surface area contributed by atoms with Crippen molar-refractivity contribution >= 4 is 27.4 Å². The summed E-state index contributed by atoms with van der Waals surface area (Å²) in [6, 6.07) is 6.53. The third kappa shape index (κ3) is 1.79. The number of nitrogens with one attached hydrogen (secondary N) is 1. The minimum absolute atomic E-state index is 1.06. The molecule has 2 aromatic heterocycles. The van der Waals surface area contributed by atoms with Gasteiger partial charge in [0.2, 0.25) is 0 Å². The highest BCUT2D eigenvalue weighted by Gasteiger charge is 2.12. The lowest BCUT2D eigenvalue weighted by Gasteiger charge is -2.28. The van der Waals surface area contributed by atoms with Gasteiger partial charge in [-0.05, 0) is 25.1 Å². The minimum Gasteiger partial charge on any atom is -0.354 e. The van der Waals surface area contributed by atoms with Gasteiger partial charge in [-0.1, -0.05) is 0 Å². The fourth-order valence-electron chi connectivity index (χ4n) is 2.10. The van der Waals surface area contributed by atoms with Crippen LogP contribution in [0.4, 0.5) is 5.82 Å². The van der Waals surface area contributed by atoms with E-state index in [1.54, 1.807) is 11.3 Å². The molecule has 0 aliphatic carbocycles. The molecular formula is C12H15N3S. The Labute approximate surface area is 99.1 Å². The number of anilines is 1. The van der Waals surface area contributed by atoms with E-state index in [-0.39, 0.29) is 0 Å². The first kappa shape index (κ1) is 10.1. The van der Waals surface area contributed by atoms with E-state index in [1.165, 1.54) is 10.3 Å². The molecule has 3 nitrogen and oxygen atoms in total. The van der Waals surface area contributed by atoms with E-state index >= 15 is 0 Å². The van der Waals surface area contributed by atoms with Crippen LogP contribution in [0.15, 0.2) is 18.2 Å². The van der Waals surface area contributed by atoms with E-state index in [0.29, 0.717) is 0 Å². The summed E-state index contributed by atoms with van der Waals surface area (Å²) in [6.45, 7) is 6.37. The second kappa shape index (κ2) is 4.03. The number of fused-ring (bicyclic) bond motifs is 1. The Balaban J connectivity index is 1.97. The standard InChI is InChI=1S/C12H15N3S/c1-9-8-10-2-3-11(14-12(10)16-9)15-6-4-13-5-7-15/h2-3,8,13H,4-7H2,1H3. The molecule has 0 spiro atoms. The molecule has 0 bridgehead atoms. The van der Waals surface area contributed by atoms with E-state index in [1.807, 2.05) is 0 Å². The molecule has 1 aliphatic heterocycles. The predicted molar refractivity (Wildman–Crippen MR) is 69.4 cm³/mol. The zero-order valence-electron chi connectivity index (χ0n) is 9.36. The maximum absolute atomic E-state index is 4.74. The fourth-order valence-corrected chi connectivity index (χ4v) is 2.98. The molecule has 0 unspecified atom stereocenters. The summed E-state index contributed by atoms with van der Waals surface area (Å²) in [4.78, 5) is 9.58. The average Bonchev–Trinajstić information content (AvgIpc) is 2.69. The van der Waals surface area contributed by atoms with Crippen molar-refractivity contribution in [2.45, 2.75) is 6.92 Å². The lowest BCUT2D eigenvalue weighted by Crippen LogP contribution is -2.43. The van der Waals surface area contributed by atoms with Crippen LogP contribution in [0.3, 0.4) is 0 Å². The highest BCUT2D eigenvalue weighted by Crippen LogP contribution is 2.25. The van der Waals surface area contributed by atoms with Crippen molar-refractivity contribution < 1.29 is 0 Å².